The topological polar surface area (TPSA) is 55.2 Å². The van der Waals surface area contributed by atoms with E-state index in [1.54, 1.807) is 6.07 Å². The Balaban J connectivity index is 2.53. The number of benzene rings is 1. The first-order chi connectivity index (χ1) is 8.28. The van der Waals surface area contributed by atoms with Gasteiger partial charge in [0.2, 0.25) is 0 Å². The Labute approximate surface area is 102 Å². The SMILES string of the molecule is C[C@H](CC(F)(F)F)NCc1cccc([N+](=O)[O-])c1. The number of hydrogen-bond acceptors (Lipinski definition) is 3. The maximum atomic E-state index is 12.1. The van der Waals surface area contributed by atoms with Crippen LogP contribution < -0.4 is 5.32 Å². The lowest BCUT2D eigenvalue weighted by Gasteiger charge is -2.15. The van der Waals surface area contributed by atoms with E-state index < -0.39 is 23.6 Å². The second kappa shape index (κ2) is 5.81. The van der Waals surface area contributed by atoms with Crippen LogP contribution in [0, 0.1) is 10.1 Å². The van der Waals surface area contributed by atoms with E-state index in [-0.39, 0.29) is 12.2 Å². The summed E-state index contributed by atoms with van der Waals surface area (Å²) in [6.45, 7) is 1.59. The van der Waals surface area contributed by atoms with Gasteiger partial charge in [0.1, 0.15) is 0 Å². The third kappa shape index (κ3) is 5.13. The van der Waals surface area contributed by atoms with E-state index in [4.69, 9.17) is 0 Å². The third-order valence-electron chi connectivity index (χ3n) is 2.31. The second-order valence-corrected chi connectivity index (χ2v) is 4.03. The molecule has 0 aliphatic carbocycles. The van der Waals surface area contributed by atoms with E-state index in [1.807, 2.05) is 0 Å². The molecule has 1 aromatic carbocycles. The van der Waals surface area contributed by atoms with Crippen molar-refractivity contribution in [2.24, 2.45) is 0 Å². The molecule has 0 aliphatic heterocycles. The van der Waals surface area contributed by atoms with Crippen molar-refractivity contribution < 1.29 is 18.1 Å². The van der Waals surface area contributed by atoms with Crippen LogP contribution in [-0.4, -0.2) is 17.1 Å². The number of nitrogens with one attached hydrogen (secondary N) is 1. The molecule has 18 heavy (non-hydrogen) atoms. The predicted octanol–water partition coefficient (Wildman–Crippen LogP) is 3.03. The lowest BCUT2D eigenvalue weighted by molar-refractivity contribution is -0.384. The summed E-state index contributed by atoms with van der Waals surface area (Å²) in [6.07, 6.45) is -5.14. The molecule has 0 fully saturated rings. The van der Waals surface area contributed by atoms with Gasteiger partial charge in [-0.2, -0.15) is 13.2 Å². The Morgan fingerprint density at radius 1 is 1.44 bits per heavy atom. The van der Waals surface area contributed by atoms with Crippen LogP contribution in [0.2, 0.25) is 0 Å². The first-order valence-corrected chi connectivity index (χ1v) is 5.31. The quantitative estimate of drug-likeness (QED) is 0.655. The number of nitro benzene ring substituents is 1. The van der Waals surface area contributed by atoms with Gasteiger partial charge in [0.25, 0.3) is 5.69 Å². The standard InChI is InChI=1S/C11H13F3N2O2/c1-8(6-11(12,13)14)15-7-9-3-2-4-10(5-9)16(17)18/h2-5,8,15H,6-7H2,1H3/t8-/m1/s1. The fraction of sp³-hybridized carbons (Fsp3) is 0.455. The largest absolute Gasteiger partial charge is 0.390 e. The van der Waals surface area contributed by atoms with E-state index in [0.717, 1.165) is 0 Å². The average molecular weight is 262 g/mol. The smallest absolute Gasteiger partial charge is 0.310 e. The van der Waals surface area contributed by atoms with Crippen LogP contribution in [0.3, 0.4) is 0 Å². The van der Waals surface area contributed by atoms with Crippen molar-refractivity contribution in [2.75, 3.05) is 0 Å². The van der Waals surface area contributed by atoms with Crippen LogP contribution >= 0.6 is 0 Å². The average Bonchev–Trinajstić information content (AvgIpc) is 2.24. The number of rotatable bonds is 5. The minimum Gasteiger partial charge on any atom is -0.310 e. The Bertz CT molecular complexity index is 421. The van der Waals surface area contributed by atoms with Crippen molar-refractivity contribution in [3.05, 3.63) is 39.9 Å². The molecule has 0 unspecified atom stereocenters. The Hall–Kier alpha value is -1.63. The molecule has 0 spiro atoms. The van der Waals surface area contributed by atoms with Gasteiger partial charge < -0.3 is 5.32 Å². The first-order valence-electron chi connectivity index (χ1n) is 5.31. The Morgan fingerprint density at radius 2 is 2.11 bits per heavy atom. The highest BCUT2D eigenvalue weighted by molar-refractivity contribution is 5.34. The van der Waals surface area contributed by atoms with Crippen molar-refractivity contribution in [1.82, 2.24) is 5.32 Å². The van der Waals surface area contributed by atoms with Crippen LogP contribution in [0.1, 0.15) is 18.9 Å². The summed E-state index contributed by atoms with van der Waals surface area (Å²) >= 11 is 0. The van der Waals surface area contributed by atoms with Crippen molar-refractivity contribution in [1.29, 1.82) is 0 Å². The molecule has 1 atom stereocenters. The van der Waals surface area contributed by atoms with Crippen LogP contribution in [0.15, 0.2) is 24.3 Å². The third-order valence-corrected chi connectivity index (χ3v) is 2.31. The molecular formula is C11H13F3N2O2. The van der Waals surface area contributed by atoms with Gasteiger partial charge in [-0.15, -0.1) is 0 Å². The van der Waals surface area contributed by atoms with E-state index >= 15 is 0 Å². The molecule has 1 aromatic rings. The fourth-order valence-electron chi connectivity index (χ4n) is 1.49. The molecule has 0 aromatic heterocycles. The molecule has 0 aliphatic rings. The van der Waals surface area contributed by atoms with Gasteiger partial charge in [0.15, 0.2) is 0 Å². The van der Waals surface area contributed by atoms with Gasteiger partial charge in [-0.3, -0.25) is 10.1 Å². The molecule has 4 nitrogen and oxygen atoms in total. The highest BCUT2D eigenvalue weighted by atomic mass is 19.4. The van der Waals surface area contributed by atoms with Gasteiger partial charge in [-0.05, 0) is 12.5 Å². The van der Waals surface area contributed by atoms with Crippen LogP contribution in [0.5, 0.6) is 0 Å². The minimum absolute atomic E-state index is 0.0715. The van der Waals surface area contributed by atoms with Gasteiger partial charge >= 0.3 is 6.18 Å². The number of halogens is 3. The number of nitrogens with zero attached hydrogens (tertiary/aromatic N) is 1. The Morgan fingerprint density at radius 3 is 2.67 bits per heavy atom. The molecule has 0 amide bonds. The molecule has 0 radical (unpaired) electrons. The van der Waals surface area contributed by atoms with E-state index in [1.165, 1.54) is 25.1 Å². The summed E-state index contributed by atoms with van der Waals surface area (Å²) in [7, 11) is 0. The lowest BCUT2D eigenvalue weighted by Crippen LogP contribution is -2.30. The number of non-ortho nitro benzene ring substituents is 1. The maximum absolute atomic E-state index is 12.1. The summed E-state index contributed by atoms with van der Waals surface area (Å²) in [5.41, 5.74) is 0.510. The highest BCUT2D eigenvalue weighted by Gasteiger charge is 2.29. The van der Waals surface area contributed by atoms with Crippen molar-refractivity contribution in [2.45, 2.75) is 32.1 Å². The molecule has 0 bridgehead atoms. The van der Waals surface area contributed by atoms with Crippen LogP contribution in [0.25, 0.3) is 0 Å². The number of alkyl halides is 3. The summed E-state index contributed by atoms with van der Waals surface area (Å²) in [5.74, 6) is 0. The maximum Gasteiger partial charge on any atom is 0.390 e. The predicted molar refractivity (Wildman–Crippen MR) is 60.1 cm³/mol. The normalized spacial score (nSPS) is 13.3. The summed E-state index contributed by atoms with van der Waals surface area (Å²) < 4.78 is 36.2. The minimum atomic E-state index is -4.21. The van der Waals surface area contributed by atoms with Gasteiger partial charge in [0.05, 0.1) is 11.3 Å². The zero-order chi connectivity index (χ0) is 13.8. The van der Waals surface area contributed by atoms with E-state index in [0.29, 0.717) is 5.56 Å². The van der Waals surface area contributed by atoms with Gasteiger partial charge in [-0.1, -0.05) is 12.1 Å². The lowest BCUT2D eigenvalue weighted by atomic mass is 10.1. The van der Waals surface area contributed by atoms with Crippen molar-refractivity contribution in [3.8, 4) is 0 Å². The molecular weight excluding hydrogens is 249 g/mol. The number of nitro groups is 1. The van der Waals surface area contributed by atoms with Gasteiger partial charge in [-0.25, -0.2) is 0 Å². The molecule has 1 N–H and O–H groups in total. The van der Waals surface area contributed by atoms with Crippen molar-refractivity contribution in [3.63, 3.8) is 0 Å². The summed E-state index contributed by atoms with van der Waals surface area (Å²) in [5, 5.41) is 13.2. The van der Waals surface area contributed by atoms with E-state index in [9.17, 15) is 23.3 Å². The molecule has 0 saturated carbocycles. The molecule has 7 heteroatoms. The number of hydrogen-bond donors (Lipinski definition) is 1. The second-order valence-electron chi connectivity index (χ2n) is 4.03. The Kier molecular flexibility index (Phi) is 4.66. The zero-order valence-corrected chi connectivity index (χ0v) is 9.70. The monoisotopic (exact) mass is 262 g/mol. The zero-order valence-electron chi connectivity index (χ0n) is 9.70. The highest BCUT2D eigenvalue weighted by Crippen LogP contribution is 2.21. The molecule has 100 valence electrons. The first kappa shape index (κ1) is 14.4. The summed E-state index contributed by atoms with van der Waals surface area (Å²) in [4.78, 5) is 9.98. The van der Waals surface area contributed by atoms with Crippen molar-refractivity contribution >= 4 is 5.69 Å². The van der Waals surface area contributed by atoms with Crippen LogP contribution in [0.4, 0.5) is 18.9 Å². The molecule has 0 saturated heterocycles. The van der Waals surface area contributed by atoms with E-state index in [2.05, 4.69) is 5.32 Å². The molecule has 1 rings (SSSR count). The summed E-state index contributed by atoms with van der Waals surface area (Å²) in [6, 6.07) is 5.07. The van der Waals surface area contributed by atoms with Gasteiger partial charge in [0, 0.05) is 24.7 Å². The molecule has 0 heterocycles. The fourth-order valence-corrected chi connectivity index (χ4v) is 1.49. The van der Waals surface area contributed by atoms with Crippen LogP contribution in [-0.2, 0) is 6.54 Å².